The van der Waals surface area contributed by atoms with Crippen molar-refractivity contribution in [2.75, 3.05) is 13.1 Å². The van der Waals surface area contributed by atoms with E-state index >= 15 is 0 Å². The molecular formula is C8H14N2O. The van der Waals surface area contributed by atoms with Crippen molar-refractivity contribution in [3.05, 3.63) is 0 Å². The number of nitrogens with zero attached hydrogens (tertiary/aromatic N) is 1. The van der Waals surface area contributed by atoms with Crippen molar-refractivity contribution in [3.63, 3.8) is 0 Å². The van der Waals surface area contributed by atoms with Crippen LogP contribution in [0.5, 0.6) is 0 Å². The number of aliphatic hydroxyl groups is 1. The van der Waals surface area contributed by atoms with Gasteiger partial charge in [-0.05, 0) is 19.3 Å². The molecule has 1 rings (SSSR count). The van der Waals surface area contributed by atoms with Crippen LogP contribution in [0.2, 0.25) is 0 Å². The van der Waals surface area contributed by atoms with E-state index < -0.39 is 5.60 Å². The van der Waals surface area contributed by atoms with E-state index in [0.29, 0.717) is 19.5 Å². The van der Waals surface area contributed by atoms with Gasteiger partial charge >= 0.3 is 0 Å². The van der Waals surface area contributed by atoms with E-state index in [1.54, 1.807) is 0 Å². The van der Waals surface area contributed by atoms with Gasteiger partial charge in [-0.2, -0.15) is 5.26 Å². The van der Waals surface area contributed by atoms with Crippen LogP contribution >= 0.6 is 0 Å². The van der Waals surface area contributed by atoms with E-state index in [2.05, 4.69) is 5.32 Å². The lowest BCUT2D eigenvalue weighted by Gasteiger charge is -2.36. The summed E-state index contributed by atoms with van der Waals surface area (Å²) in [5, 5.41) is 20.8. The van der Waals surface area contributed by atoms with Crippen molar-refractivity contribution in [2.45, 2.75) is 31.3 Å². The monoisotopic (exact) mass is 154 g/mol. The summed E-state index contributed by atoms with van der Waals surface area (Å²) in [5.74, 6) is 0. The summed E-state index contributed by atoms with van der Waals surface area (Å²) in [6.45, 7) is 1.34. The van der Waals surface area contributed by atoms with Crippen molar-refractivity contribution in [3.8, 4) is 6.07 Å². The quantitative estimate of drug-likeness (QED) is 0.576. The van der Waals surface area contributed by atoms with E-state index in [-0.39, 0.29) is 0 Å². The molecule has 0 unspecified atom stereocenters. The maximum Gasteiger partial charge on any atom is 0.0771 e. The van der Waals surface area contributed by atoms with Crippen molar-refractivity contribution < 1.29 is 5.11 Å². The Morgan fingerprint density at radius 3 is 2.73 bits per heavy atom. The Kier molecular flexibility index (Phi) is 2.86. The molecule has 0 bridgehead atoms. The molecule has 3 nitrogen and oxygen atoms in total. The van der Waals surface area contributed by atoms with Crippen LogP contribution < -0.4 is 5.32 Å². The molecule has 0 radical (unpaired) electrons. The van der Waals surface area contributed by atoms with E-state index in [0.717, 1.165) is 19.3 Å². The fourth-order valence-electron chi connectivity index (χ4n) is 1.23. The second kappa shape index (κ2) is 3.70. The van der Waals surface area contributed by atoms with Gasteiger partial charge in [-0.1, -0.05) is 0 Å². The third-order valence-corrected chi connectivity index (χ3v) is 2.15. The molecule has 0 aliphatic heterocycles. The summed E-state index contributed by atoms with van der Waals surface area (Å²) in [6.07, 6.45) is 3.48. The van der Waals surface area contributed by atoms with Crippen LogP contribution in [0.15, 0.2) is 0 Å². The maximum absolute atomic E-state index is 9.56. The van der Waals surface area contributed by atoms with Gasteiger partial charge in [-0.3, -0.25) is 0 Å². The highest BCUT2D eigenvalue weighted by atomic mass is 16.3. The molecule has 2 N–H and O–H groups in total. The molecule has 0 saturated heterocycles. The zero-order chi connectivity index (χ0) is 8.16. The molecule has 1 fully saturated rings. The van der Waals surface area contributed by atoms with E-state index in [9.17, 15) is 5.11 Å². The average Bonchev–Trinajstić information content (AvgIpc) is 1.95. The highest BCUT2D eigenvalue weighted by Gasteiger charge is 2.33. The molecular weight excluding hydrogens is 140 g/mol. The van der Waals surface area contributed by atoms with Gasteiger partial charge in [0.2, 0.25) is 0 Å². The third-order valence-electron chi connectivity index (χ3n) is 2.15. The molecule has 0 heterocycles. The number of hydrogen-bond donors (Lipinski definition) is 2. The molecule has 3 heteroatoms. The predicted octanol–water partition coefficient (Wildman–Crippen LogP) is 0.405. The Hall–Kier alpha value is -0.590. The maximum atomic E-state index is 9.56. The summed E-state index contributed by atoms with van der Waals surface area (Å²) in [5.41, 5.74) is -0.449. The zero-order valence-electron chi connectivity index (χ0n) is 6.64. The first kappa shape index (κ1) is 8.51. The van der Waals surface area contributed by atoms with Gasteiger partial charge in [0.05, 0.1) is 11.7 Å². The molecule has 0 aromatic carbocycles. The van der Waals surface area contributed by atoms with Crippen LogP contribution in [0.3, 0.4) is 0 Å². The Morgan fingerprint density at radius 1 is 1.55 bits per heavy atom. The highest BCUT2D eigenvalue weighted by Crippen LogP contribution is 2.30. The second-order valence-corrected chi connectivity index (χ2v) is 3.16. The molecule has 1 saturated carbocycles. The number of nitrogens with one attached hydrogen (secondary N) is 1. The minimum atomic E-state index is -0.449. The summed E-state index contributed by atoms with van der Waals surface area (Å²) in [7, 11) is 0. The molecule has 0 amide bonds. The van der Waals surface area contributed by atoms with Gasteiger partial charge in [-0.25, -0.2) is 0 Å². The summed E-state index contributed by atoms with van der Waals surface area (Å²) < 4.78 is 0. The van der Waals surface area contributed by atoms with Crippen molar-refractivity contribution >= 4 is 0 Å². The fourth-order valence-corrected chi connectivity index (χ4v) is 1.23. The second-order valence-electron chi connectivity index (χ2n) is 3.16. The lowest BCUT2D eigenvalue weighted by Crippen LogP contribution is -2.46. The molecule has 62 valence electrons. The minimum absolute atomic E-state index is 0.449. The van der Waals surface area contributed by atoms with E-state index in [4.69, 9.17) is 5.26 Å². The molecule has 1 aliphatic rings. The smallest absolute Gasteiger partial charge is 0.0771 e. The fraction of sp³-hybridized carbons (Fsp3) is 0.875. The Labute approximate surface area is 67.0 Å². The molecule has 11 heavy (non-hydrogen) atoms. The summed E-state index contributed by atoms with van der Waals surface area (Å²) in [6, 6.07) is 2.05. The van der Waals surface area contributed by atoms with Crippen molar-refractivity contribution in [1.29, 1.82) is 5.26 Å². The number of rotatable bonds is 4. The van der Waals surface area contributed by atoms with E-state index in [1.807, 2.05) is 6.07 Å². The molecule has 0 aromatic rings. The Morgan fingerprint density at radius 2 is 2.27 bits per heavy atom. The van der Waals surface area contributed by atoms with Crippen LogP contribution in [0.4, 0.5) is 0 Å². The molecule has 1 aliphatic carbocycles. The van der Waals surface area contributed by atoms with Gasteiger partial charge in [0, 0.05) is 19.5 Å². The lowest BCUT2D eigenvalue weighted by atomic mass is 9.80. The van der Waals surface area contributed by atoms with E-state index in [1.165, 1.54) is 0 Å². The van der Waals surface area contributed by atoms with Crippen LogP contribution in [0.1, 0.15) is 25.7 Å². The van der Waals surface area contributed by atoms with Gasteiger partial charge in [-0.15, -0.1) is 0 Å². The van der Waals surface area contributed by atoms with Gasteiger partial charge in [0.15, 0.2) is 0 Å². The standard InChI is InChI=1S/C8H14N2O/c9-5-2-6-10-7-8(11)3-1-4-8/h10-11H,1-4,6-7H2. The first-order valence-electron chi connectivity index (χ1n) is 4.07. The van der Waals surface area contributed by atoms with Crippen LogP contribution in [-0.2, 0) is 0 Å². The Bertz CT molecular complexity index is 158. The van der Waals surface area contributed by atoms with Crippen LogP contribution in [0.25, 0.3) is 0 Å². The minimum Gasteiger partial charge on any atom is -0.389 e. The van der Waals surface area contributed by atoms with Crippen LogP contribution in [0, 0.1) is 11.3 Å². The van der Waals surface area contributed by atoms with Crippen molar-refractivity contribution in [2.24, 2.45) is 0 Å². The summed E-state index contributed by atoms with van der Waals surface area (Å²) in [4.78, 5) is 0. The molecule has 0 atom stereocenters. The largest absolute Gasteiger partial charge is 0.389 e. The van der Waals surface area contributed by atoms with Gasteiger partial charge < -0.3 is 10.4 Å². The lowest BCUT2D eigenvalue weighted by molar-refractivity contribution is -0.0309. The van der Waals surface area contributed by atoms with Crippen LogP contribution in [-0.4, -0.2) is 23.8 Å². The topological polar surface area (TPSA) is 56.0 Å². The van der Waals surface area contributed by atoms with Gasteiger partial charge in [0.1, 0.15) is 0 Å². The average molecular weight is 154 g/mol. The number of nitriles is 1. The summed E-state index contributed by atoms with van der Waals surface area (Å²) >= 11 is 0. The zero-order valence-corrected chi connectivity index (χ0v) is 6.64. The Balaban J connectivity index is 1.99. The SMILES string of the molecule is N#CCCNCC1(O)CCC1. The first-order valence-corrected chi connectivity index (χ1v) is 4.07. The molecule has 0 spiro atoms. The third kappa shape index (κ3) is 2.49. The normalized spacial score (nSPS) is 20.4. The predicted molar refractivity (Wildman–Crippen MR) is 41.9 cm³/mol. The highest BCUT2D eigenvalue weighted by molar-refractivity contribution is 4.89. The van der Waals surface area contributed by atoms with Gasteiger partial charge in [0.25, 0.3) is 0 Å². The van der Waals surface area contributed by atoms with Crippen molar-refractivity contribution in [1.82, 2.24) is 5.32 Å². The molecule has 0 aromatic heterocycles. The first-order chi connectivity index (χ1) is 5.27. The number of hydrogen-bond acceptors (Lipinski definition) is 3.